The molecule has 2 aliphatic rings. The third-order valence-electron chi connectivity index (χ3n) is 6.94. The van der Waals surface area contributed by atoms with Gasteiger partial charge < -0.3 is 0 Å². The van der Waals surface area contributed by atoms with Gasteiger partial charge in [0.2, 0.25) is 0 Å². The van der Waals surface area contributed by atoms with Crippen molar-refractivity contribution in [1.82, 2.24) is 0 Å². The average molecular weight is 393 g/mol. The Morgan fingerprint density at radius 1 is 0.759 bits per heavy atom. The minimum absolute atomic E-state index is 0.553. The predicted octanol–water partition coefficient (Wildman–Crippen LogP) is 7.40. The molecule has 5 rings (SSSR count). The van der Waals surface area contributed by atoms with Gasteiger partial charge in [0.05, 0.1) is 8.07 Å². The largest absolute Gasteiger partial charge is 0.0755 e. The Bertz CT molecular complexity index is 1120. The molecule has 144 valence electrons. The van der Waals surface area contributed by atoms with Crippen LogP contribution in [0.25, 0.3) is 11.6 Å². The standard InChI is InChI=1S/C28H28Si/c1-20-17-22-13-7-8-15-25(22)28(20)29(2,3)27-19-23(18-21-11-5-4-6-12-21)24-14-9-10-16-26(24)27/h4-17,19,27-28H,18H2,1-3H3/t27-,28+/m1/s1. The monoisotopic (exact) mass is 392 g/mol. The molecule has 0 unspecified atom stereocenters. The lowest BCUT2D eigenvalue weighted by molar-refractivity contribution is 1.000. The fraction of sp³-hybridized carbons (Fsp3) is 0.214. The third kappa shape index (κ3) is 3.05. The first-order chi connectivity index (χ1) is 14.1. The van der Waals surface area contributed by atoms with Gasteiger partial charge in [-0.3, -0.25) is 0 Å². The summed E-state index contributed by atoms with van der Waals surface area (Å²) in [7, 11) is -1.71. The molecule has 0 amide bonds. The number of allylic oxidation sites excluding steroid dienone is 3. The molecule has 0 nitrogen and oxygen atoms in total. The number of hydrogen-bond acceptors (Lipinski definition) is 0. The van der Waals surface area contributed by atoms with Gasteiger partial charge in [0.25, 0.3) is 0 Å². The lowest BCUT2D eigenvalue weighted by Crippen LogP contribution is -2.41. The molecule has 0 heterocycles. The van der Waals surface area contributed by atoms with E-state index >= 15 is 0 Å². The van der Waals surface area contributed by atoms with E-state index in [2.05, 4.69) is 111 Å². The molecule has 0 saturated heterocycles. The Morgan fingerprint density at radius 3 is 2.21 bits per heavy atom. The van der Waals surface area contributed by atoms with Crippen LogP contribution in [0, 0.1) is 0 Å². The van der Waals surface area contributed by atoms with Gasteiger partial charge in [0.15, 0.2) is 0 Å². The Kier molecular flexibility index (Phi) is 4.44. The molecule has 0 spiro atoms. The third-order valence-corrected chi connectivity index (χ3v) is 11.3. The highest BCUT2D eigenvalue weighted by Gasteiger charge is 2.45. The molecule has 1 heteroatoms. The van der Waals surface area contributed by atoms with Crippen LogP contribution in [0.15, 0.2) is 90.5 Å². The van der Waals surface area contributed by atoms with Crippen LogP contribution >= 0.6 is 0 Å². The van der Waals surface area contributed by atoms with Crippen molar-refractivity contribution in [3.63, 3.8) is 0 Å². The summed E-state index contributed by atoms with van der Waals surface area (Å²) < 4.78 is 0. The lowest BCUT2D eigenvalue weighted by atomic mass is 9.99. The van der Waals surface area contributed by atoms with E-state index in [4.69, 9.17) is 0 Å². The van der Waals surface area contributed by atoms with Crippen LogP contribution in [0.1, 0.15) is 45.8 Å². The van der Waals surface area contributed by atoms with Crippen LogP contribution in [0.4, 0.5) is 0 Å². The summed E-state index contributed by atoms with van der Waals surface area (Å²) in [6.45, 7) is 7.54. The van der Waals surface area contributed by atoms with E-state index < -0.39 is 8.07 Å². The summed E-state index contributed by atoms with van der Waals surface area (Å²) in [6.07, 6.45) is 6.07. The molecular formula is C28H28Si. The highest BCUT2D eigenvalue weighted by Crippen LogP contribution is 2.51. The molecule has 0 bridgehead atoms. The van der Waals surface area contributed by atoms with Gasteiger partial charge in [-0.2, -0.15) is 0 Å². The maximum absolute atomic E-state index is 2.62. The SMILES string of the molecule is CC1=Cc2ccccc2[C@H]1[Si](C)(C)[C@@H]1C=C(Cc2ccccc2)c2ccccc21. The minimum Gasteiger partial charge on any atom is -0.0755 e. The maximum atomic E-state index is 2.62. The molecular weight excluding hydrogens is 364 g/mol. The van der Waals surface area contributed by atoms with Crippen molar-refractivity contribution in [2.24, 2.45) is 0 Å². The smallest absolute Gasteiger partial charge is 0.0718 e. The molecule has 2 atom stereocenters. The maximum Gasteiger partial charge on any atom is 0.0718 e. The summed E-state index contributed by atoms with van der Waals surface area (Å²) in [4.78, 5) is 0. The van der Waals surface area contributed by atoms with Gasteiger partial charge in [-0.15, -0.1) is 0 Å². The van der Waals surface area contributed by atoms with Crippen molar-refractivity contribution in [3.05, 3.63) is 118 Å². The van der Waals surface area contributed by atoms with Crippen LogP contribution in [0.3, 0.4) is 0 Å². The molecule has 0 radical (unpaired) electrons. The van der Waals surface area contributed by atoms with Crippen molar-refractivity contribution in [2.75, 3.05) is 0 Å². The van der Waals surface area contributed by atoms with E-state index in [9.17, 15) is 0 Å². The Labute approximate surface area is 175 Å². The van der Waals surface area contributed by atoms with E-state index in [1.807, 2.05) is 0 Å². The average Bonchev–Trinajstić information content (AvgIpc) is 3.27. The fourth-order valence-corrected chi connectivity index (χ4v) is 10.0. The Hall–Kier alpha value is -2.64. The zero-order chi connectivity index (χ0) is 20.0. The molecule has 2 aliphatic carbocycles. The van der Waals surface area contributed by atoms with Gasteiger partial charge in [0.1, 0.15) is 0 Å². The van der Waals surface area contributed by atoms with Crippen molar-refractivity contribution in [1.29, 1.82) is 0 Å². The molecule has 0 N–H and O–H groups in total. The minimum atomic E-state index is -1.71. The molecule has 3 aromatic rings. The van der Waals surface area contributed by atoms with Crippen molar-refractivity contribution < 1.29 is 0 Å². The Morgan fingerprint density at radius 2 is 1.41 bits per heavy atom. The number of rotatable bonds is 4. The predicted molar refractivity (Wildman–Crippen MR) is 128 cm³/mol. The molecule has 0 aliphatic heterocycles. The van der Waals surface area contributed by atoms with Gasteiger partial charge in [-0.1, -0.05) is 110 Å². The zero-order valence-electron chi connectivity index (χ0n) is 17.5. The summed E-state index contributed by atoms with van der Waals surface area (Å²) in [5, 5.41) is 0. The van der Waals surface area contributed by atoms with Gasteiger partial charge in [-0.05, 0) is 52.3 Å². The molecule has 0 fully saturated rings. The summed E-state index contributed by atoms with van der Waals surface area (Å²) in [5.74, 6) is 0. The van der Waals surface area contributed by atoms with E-state index in [0.717, 1.165) is 6.42 Å². The topological polar surface area (TPSA) is 0 Å². The van der Waals surface area contributed by atoms with Crippen LogP contribution in [0.5, 0.6) is 0 Å². The van der Waals surface area contributed by atoms with Crippen LogP contribution in [0.2, 0.25) is 13.1 Å². The van der Waals surface area contributed by atoms with Crippen LogP contribution < -0.4 is 0 Å². The lowest BCUT2D eigenvalue weighted by Gasteiger charge is -2.37. The van der Waals surface area contributed by atoms with Crippen molar-refractivity contribution in [2.45, 2.75) is 37.5 Å². The highest BCUT2D eigenvalue weighted by atomic mass is 28.3. The summed E-state index contributed by atoms with van der Waals surface area (Å²) >= 11 is 0. The first-order valence-electron chi connectivity index (χ1n) is 10.7. The van der Waals surface area contributed by atoms with Crippen LogP contribution in [-0.2, 0) is 6.42 Å². The first kappa shape index (κ1) is 18.4. The summed E-state index contributed by atoms with van der Waals surface area (Å²) in [5.41, 5.74) is 11.6. The van der Waals surface area contributed by atoms with Crippen LogP contribution in [-0.4, -0.2) is 8.07 Å². The second kappa shape index (κ2) is 7.00. The number of benzene rings is 3. The van der Waals surface area contributed by atoms with Crippen molar-refractivity contribution in [3.8, 4) is 0 Å². The summed E-state index contributed by atoms with van der Waals surface area (Å²) in [6, 6.07) is 29.1. The zero-order valence-corrected chi connectivity index (χ0v) is 18.5. The van der Waals surface area contributed by atoms with Gasteiger partial charge in [0, 0.05) is 5.54 Å². The molecule has 29 heavy (non-hydrogen) atoms. The first-order valence-corrected chi connectivity index (χ1v) is 13.8. The van der Waals surface area contributed by atoms with Gasteiger partial charge in [-0.25, -0.2) is 0 Å². The molecule has 0 aromatic heterocycles. The Balaban J connectivity index is 1.57. The molecule has 3 aromatic carbocycles. The quantitative estimate of drug-likeness (QED) is 0.406. The molecule has 0 saturated carbocycles. The normalized spacial score (nSPS) is 20.1. The van der Waals surface area contributed by atoms with E-state index in [-0.39, 0.29) is 0 Å². The van der Waals surface area contributed by atoms with E-state index in [1.54, 1.807) is 16.7 Å². The second-order valence-corrected chi connectivity index (χ2v) is 14.0. The van der Waals surface area contributed by atoms with Crippen molar-refractivity contribution >= 4 is 19.7 Å². The van der Waals surface area contributed by atoms with E-state index in [0.29, 0.717) is 11.1 Å². The van der Waals surface area contributed by atoms with E-state index in [1.165, 1.54) is 22.3 Å². The second-order valence-electron chi connectivity index (χ2n) is 9.19. The number of hydrogen-bond donors (Lipinski definition) is 0. The fourth-order valence-electron chi connectivity index (χ4n) is 5.67. The number of fused-ring (bicyclic) bond motifs is 2. The highest BCUT2D eigenvalue weighted by molar-refractivity contribution is 6.81. The van der Waals surface area contributed by atoms with Gasteiger partial charge >= 0.3 is 0 Å².